The molecule has 6 heteroatoms. The van der Waals surface area contributed by atoms with Gasteiger partial charge in [0.2, 0.25) is 0 Å². The SMILES string of the molecule is O=C(O)C1CNCCN1Cc1cscn1. The lowest BCUT2D eigenvalue weighted by molar-refractivity contribution is -0.144. The monoisotopic (exact) mass is 227 g/mol. The number of hydrogen-bond donors (Lipinski definition) is 2. The zero-order valence-corrected chi connectivity index (χ0v) is 9.04. The van der Waals surface area contributed by atoms with Gasteiger partial charge in [-0.25, -0.2) is 4.98 Å². The number of hydrogen-bond acceptors (Lipinski definition) is 5. The van der Waals surface area contributed by atoms with Crippen molar-refractivity contribution >= 4 is 17.3 Å². The van der Waals surface area contributed by atoms with Crippen LogP contribution in [0.5, 0.6) is 0 Å². The first kappa shape index (κ1) is 10.5. The number of nitrogens with one attached hydrogen (secondary N) is 1. The van der Waals surface area contributed by atoms with Crippen molar-refractivity contribution in [3.05, 3.63) is 16.6 Å². The summed E-state index contributed by atoms with van der Waals surface area (Å²) in [5, 5.41) is 14.1. The van der Waals surface area contributed by atoms with Crippen LogP contribution in [-0.2, 0) is 11.3 Å². The number of carboxylic acids is 1. The van der Waals surface area contributed by atoms with Crippen molar-refractivity contribution in [1.82, 2.24) is 15.2 Å². The summed E-state index contributed by atoms with van der Waals surface area (Å²) in [7, 11) is 0. The van der Waals surface area contributed by atoms with Crippen molar-refractivity contribution in [3.8, 4) is 0 Å². The van der Waals surface area contributed by atoms with Crippen LogP contribution in [0.1, 0.15) is 5.69 Å². The number of piperazine rings is 1. The first-order valence-electron chi connectivity index (χ1n) is 4.82. The number of rotatable bonds is 3. The van der Waals surface area contributed by atoms with E-state index in [1.54, 1.807) is 5.51 Å². The molecule has 0 spiro atoms. The number of carbonyl (C=O) groups is 1. The normalized spacial score (nSPS) is 22.8. The standard InChI is InChI=1S/C9H13N3O2S/c13-9(14)8-3-10-1-2-12(8)4-7-5-15-6-11-7/h5-6,8,10H,1-4H2,(H,13,14). The van der Waals surface area contributed by atoms with Crippen LogP contribution in [0.25, 0.3) is 0 Å². The van der Waals surface area contributed by atoms with Crippen molar-refractivity contribution < 1.29 is 9.90 Å². The molecule has 0 amide bonds. The molecule has 82 valence electrons. The van der Waals surface area contributed by atoms with Crippen molar-refractivity contribution in [2.24, 2.45) is 0 Å². The van der Waals surface area contributed by atoms with Crippen molar-refractivity contribution in [3.63, 3.8) is 0 Å². The summed E-state index contributed by atoms with van der Waals surface area (Å²) in [6, 6.07) is -0.430. The highest BCUT2D eigenvalue weighted by Crippen LogP contribution is 2.10. The fourth-order valence-electron chi connectivity index (χ4n) is 1.70. The van der Waals surface area contributed by atoms with Crippen LogP contribution in [0.2, 0.25) is 0 Å². The van der Waals surface area contributed by atoms with E-state index >= 15 is 0 Å². The molecule has 0 aliphatic carbocycles. The summed E-state index contributed by atoms with van der Waals surface area (Å²) in [6.45, 7) is 2.74. The molecule has 1 unspecified atom stereocenters. The summed E-state index contributed by atoms with van der Waals surface area (Å²) in [5.41, 5.74) is 2.72. The highest BCUT2D eigenvalue weighted by atomic mass is 32.1. The van der Waals surface area contributed by atoms with Gasteiger partial charge in [-0.1, -0.05) is 0 Å². The molecule has 2 heterocycles. The third-order valence-corrected chi connectivity index (χ3v) is 3.12. The number of aliphatic carboxylic acids is 1. The van der Waals surface area contributed by atoms with Crippen LogP contribution in [0.3, 0.4) is 0 Å². The molecule has 1 saturated heterocycles. The van der Waals surface area contributed by atoms with E-state index in [1.807, 2.05) is 10.3 Å². The summed E-state index contributed by atoms with van der Waals surface area (Å²) >= 11 is 1.54. The van der Waals surface area contributed by atoms with Crippen molar-refractivity contribution in [1.29, 1.82) is 0 Å². The summed E-state index contributed by atoms with van der Waals surface area (Å²) in [6.07, 6.45) is 0. The minimum absolute atomic E-state index is 0.430. The molecule has 0 saturated carbocycles. The average molecular weight is 227 g/mol. The molecule has 2 rings (SSSR count). The van der Waals surface area contributed by atoms with Crippen LogP contribution < -0.4 is 5.32 Å². The fraction of sp³-hybridized carbons (Fsp3) is 0.556. The second-order valence-electron chi connectivity index (χ2n) is 3.51. The van der Waals surface area contributed by atoms with E-state index in [1.165, 1.54) is 11.3 Å². The van der Waals surface area contributed by atoms with E-state index < -0.39 is 12.0 Å². The Kier molecular flexibility index (Phi) is 3.30. The van der Waals surface area contributed by atoms with Crippen LogP contribution in [0.4, 0.5) is 0 Å². The van der Waals surface area contributed by atoms with Crippen molar-refractivity contribution in [2.75, 3.05) is 19.6 Å². The minimum atomic E-state index is -0.766. The third kappa shape index (κ3) is 2.53. The maximum atomic E-state index is 11.0. The van der Waals surface area contributed by atoms with E-state index in [2.05, 4.69) is 10.3 Å². The molecule has 1 aromatic heterocycles. The van der Waals surface area contributed by atoms with Gasteiger partial charge in [-0.05, 0) is 0 Å². The van der Waals surface area contributed by atoms with Gasteiger partial charge in [0.25, 0.3) is 0 Å². The van der Waals surface area contributed by atoms with Crippen LogP contribution in [0, 0.1) is 0 Å². The third-order valence-electron chi connectivity index (χ3n) is 2.49. The Morgan fingerprint density at radius 3 is 3.33 bits per heavy atom. The Labute approximate surface area is 91.7 Å². The van der Waals surface area contributed by atoms with Crippen molar-refractivity contribution in [2.45, 2.75) is 12.6 Å². The molecular weight excluding hydrogens is 214 g/mol. The average Bonchev–Trinajstić information content (AvgIpc) is 2.71. The molecule has 15 heavy (non-hydrogen) atoms. The van der Waals surface area contributed by atoms with Gasteiger partial charge in [0.1, 0.15) is 6.04 Å². The Morgan fingerprint density at radius 2 is 2.67 bits per heavy atom. The molecule has 0 bridgehead atoms. The number of aromatic nitrogens is 1. The number of thiazole rings is 1. The van der Waals surface area contributed by atoms with E-state index in [0.29, 0.717) is 13.1 Å². The predicted molar refractivity (Wildman–Crippen MR) is 56.8 cm³/mol. The number of nitrogens with zero attached hydrogens (tertiary/aromatic N) is 2. The first-order valence-corrected chi connectivity index (χ1v) is 5.76. The van der Waals surface area contributed by atoms with E-state index in [-0.39, 0.29) is 0 Å². The molecular formula is C9H13N3O2S. The van der Waals surface area contributed by atoms with Gasteiger partial charge < -0.3 is 10.4 Å². The molecule has 0 aromatic carbocycles. The molecule has 5 nitrogen and oxygen atoms in total. The number of carboxylic acid groups (broad SMARTS) is 1. The Bertz CT molecular complexity index is 328. The molecule has 1 aliphatic rings. The van der Waals surface area contributed by atoms with E-state index in [0.717, 1.165) is 18.8 Å². The summed E-state index contributed by atoms with van der Waals surface area (Å²) in [4.78, 5) is 17.1. The topological polar surface area (TPSA) is 65.5 Å². The summed E-state index contributed by atoms with van der Waals surface area (Å²) < 4.78 is 0. The second-order valence-corrected chi connectivity index (χ2v) is 4.23. The molecule has 2 N–H and O–H groups in total. The second kappa shape index (κ2) is 4.69. The highest BCUT2D eigenvalue weighted by Gasteiger charge is 2.28. The fourth-order valence-corrected chi connectivity index (χ4v) is 2.25. The largest absolute Gasteiger partial charge is 0.480 e. The van der Waals surface area contributed by atoms with Gasteiger partial charge in [-0.2, -0.15) is 0 Å². The molecule has 1 atom stereocenters. The minimum Gasteiger partial charge on any atom is -0.480 e. The maximum absolute atomic E-state index is 11.0. The molecule has 0 radical (unpaired) electrons. The first-order chi connectivity index (χ1) is 7.27. The van der Waals surface area contributed by atoms with Crippen LogP contribution >= 0.6 is 11.3 Å². The highest BCUT2D eigenvalue weighted by molar-refractivity contribution is 7.07. The molecule has 1 aromatic rings. The smallest absolute Gasteiger partial charge is 0.322 e. The zero-order chi connectivity index (χ0) is 10.7. The van der Waals surface area contributed by atoms with Gasteiger partial charge in [0.05, 0.1) is 11.2 Å². The molecule has 1 aliphatic heterocycles. The molecule has 1 fully saturated rings. The quantitative estimate of drug-likeness (QED) is 0.761. The van der Waals surface area contributed by atoms with Crippen LogP contribution in [-0.4, -0.2) is 46.6 Å². The predicted octanol–water partition coefficient (Wildman–Crippen LogP) is 0.00150. The zero-order valence-electron chi connectivity index (χ0n) is 8.22. The Morgan fingerprint density at radius 1 is 1.80 bits per heavy atom. The lowest BCUT2D eigenvalue weighted by Gasteiger charge is -2.32. The Balaban J connectivity index is 2.02. The summed E-state index contributed by atoms with van der Waals surface area (Å²) in [5.74, 6) is -0.766. The maximum Gasteiger partial charge on any atom is 0.322 e. The van der Waals surface area contributed by atoms with Gasteiger partial charge in [0, 0.05) is 31.6 Å². The van der Waals surface area contributed by atoms with E-state index in [4.69, 9.17) is 5.11 Å². The lowest BCUT2D eigenvalue weighted by atomic mass is 10.2. The van der Waals surface area contributed by atoms with Gasteiger partial charge in [0.15, 0.2) is 0 Å². The van der Waals surface area contributed by atoms with Crippen LogP contribution in [0.15, 0.2) is 10.9 Å². The van der Waals surface area contributed by atoms with Gasteiger partial charge in [-0.15, -0.1) is 11.3 Å². The van der Waals surface area contributed by atoms with Gasteiger partial charge >= 0.3 is 5.97 Å². The van der Waals surface area contributed by atoms with Gasteiger partial charge in [-0.3, -0.25) is 9.69 Å². The Hall–Kier alpha value is -0.980. The van der Waals surface area contributed by atoms with E-state index in [9.17, 15) is 4.79 Å². The lowest BCUT2D eigenvalue weighted by Crippen LogP contribution is -2.54.